The van der Waals surface area contributed by atoms with E-state index in [9.17, 15) is 0 Å². The maximum atomic E-state index is 5.64. The molecule has 1 unspecified atom stereocenters. The van der Waals surface area contributed by atoms with Gasteiger partial charge in [0.2, 0.25) is 0 Å². The molecule has 1 aromatic heterocycles. The quantitative estimate of drug-likeness (QED) is 0.739. The zero-order chi connectivity index (χ0) is 8.55. The lowest BCUT2D eigenvalue weighted by molar-refractivity contribution is 0.371. The Morgan fingerprint density at radius 3 is 3.08 bits per heavy atom. The highest BCUT2D eigenvalue weighted by molar-refractivity contribution is 5.15. The average Bonchev–Trinajstić information content (AvgIpc) is 2.73. The number of nitrogens with two attached hydrogens (primary N) is 1. The zero-order valence-corrected chi connectivity index (χ0v) is 7.29. The summed E-state index contributed by atoms with van der Waals surface area (Å²) in [7, 11) is 0. The number of aromatic nitrogens is 1. The van der Waals surface area contributed by atoms with Gasteiger partial charge in [-0.25, -0.2) is 0 Å². The molecular formula is C9H14N2O. The van der Waals surface area contributed by atoms with Gasteiger partial charge >= 0.3 is 0 Å². The van der Waals surface area contributed by atoms with Crippen LogP contribution in [0.5, 0.6) is 0 Å². The van der Waals surface area contributed by atoms with Gasteiger partial charge in [0.05, 0.1) is 5.69 Å². The van der Waals surface area contributed by atoms with Gasteiger partial charge in [0.15, 0.2) is 0 Å². The van der Waals surface area contributed by atoms with Gasteiger partial charge in [0.1, 0.15) is 5.76 Å². The van der Waals surface area contributed by atoms with Gasteiger partial charge in [0, 0.05) is 24.4 Å². The molecule has 0 aliphatic heterocycles. The van der Waals surface area contributed by atoms with Crippen LogP contribution in [0.1, 0.15) is 37.1 Å². The summed E-state index contributed by atoms with van der Waals surface area (Å²) in [5.41, 5.74) is 6.75. The van der Waals surface area contributed by atoms with Crippen LogP contribution >= 0.6 is 0 Å². The van der Waals surface area contributed by atoms with E-state index >= 15 is 0 Å². The third kappa shape index (κ3) is 1.67. The van der Waals surface area contributed by atoms with Crippen LogP contribution in [-0.2, 0) is 6.42 Å². The first kappa shape index (κ1) is 7.80. The Morgan fingerprint density at radius 1 is 1.75 bits per heavy atom. The van der Waals surface area contributed by atoms with Crippen LogP contribution in [0.3, 0.4) is 0 Å². The molecule has 12 heavy (non-hydrogen) atoms. The second kappa shape index (κ2) is 2.90. The van der Waals surface area contributed by atoms with Crippen molar-refractivity contribution in [2.45, 2.75) is 38.1 Å². The molecule has 0 bridgehead atoms. The minimum absolute atomic E-state index is 0.157. The fourth-order valence-electron chi connectivity index (χ4n) is 1.31. The van der Waals surface area contributed by atoms with E-state index in [1.54, 1.807) is 0 Å². The molecule has 3 nitrogen and oxygen atoms in total. The first-order valence-corrected chi connectivity index (χ1v) is 4.47. The average molecular weight is 166 g/mol. The Morgan fingerprint density at radius 2 is 2.50 bits per heavy atom. The molecule has 1 heterocycles. The monoisotopic (exact) mass is 166 g/mol. The minimum atomic E-state index is 0.157. The van der Waals surface area contributed by atoms with Crippen LogP contribution in [0.25, 0.3) is 0 Å². The van der Waals surface area contributed by atoms with E-state index in [1.165, 1.54) is 12.8 Å². The number of hydrogen-bond donors (Lipinski definition) is 1. The second-order valence-electron chi connectivity index (χ2n) is 3.67. The molecule has 2 N–H and O–H groups in total. The molecule has 0 radical (unpaired) electrons. The first-order valence-electron chi connectivity index (χ1n) is 4.47. The van der Waals surface area contributed by atoms with E-state index in [0.29, 0.717) is 5.92 Å². The first-order chi connectivity index (χ1) is 5.75. The highest BCUT2D eigenvalue weighted by Crippen LogP contribution is 2.39. The molecule has 0 saturated heterocycles. The highest BCUT2D eigenvalue weighted by Gasteiger charge is 2.26. The summed E-state index contributed by atoms with van der Waals surface area (Å²) in [5.74, 6) is 1.60. The fourth-order valence-corrected chi connectivity index (χ4v) is 1.31. The standard InChI is InChI=1S/C9H14N2O/c1-6(10)4-8-5-9(11-12-8)7-2-3-7/h5-7H,2-4,10H2,1H3. The van der Waals surface area contributed by atoms with Crippen LogP contribution in [0.2, 0.25) is 0 Å². The normalized spacial score (nSPS) is 19.5. The predicted molar refractivity (Wildman–Crippen MR) is 45.8 cm³/mol. The van der Waals surface area contributed by atoms with Crippen LogP contribution in [0, 0.1) is 0 Å². The molecule has 0 aromatic carbocycles. The summed E-state index contributed by atoms with van der Waals surface area (Å²) in [6, 6.07) is 2.20. The Bertz CT molecular complexity index is 263. The predicted octanol–water partition coefficient (Wildman–Crippen LogP) is 1.44. The smallest absolute Gasteiger partial charge is 0.138 e. The summed E-state index contributed by atoms with van der Waals surface area (Å²) in [4.78, 5) is 0. The van der Waals surface area contributed by atoms with Gasteiger partial charge in [-0.05, 0) is 19.8 Å². The van der Waals surface area contributed by atoms with Gasteiger partial charge in [-0.15, -0.1) is 0 Å². The van der Waals surface area contributed by atoms with Crippen LogP contribution in [0.4, 0.5) is 0 Å². The Kier molecular flexibility index (Phi) is 1.89. The second-order valence-corrected chi connectivity index (χ2v) is 3.67. The molecule has 0 spiro atoms. The molecule has 1 saturated carbocycles. The molecule has 0 amide bonds. The summed E-state index contributed by atoms with van der Waals surface area (Å²) in [6.45, 7) is 1.97. The Balaban J connectivity index is 2.03. The van der Waals surface area contributed by atoms with E-state index in [1.807, 2.05) is 13.0 Å². The molecule has 1 aliphatic carbocycles. The maximum Gasteiger partial charge on any atom is 0.138 e. The Labute approximate surface area is 71.9 Å². The van der Waals surface area contributed by atoms with Crippen LogP contribution < -0.4 is 5.73 Å². The van der Waals surface area contributed by atoms with Crippen molar-refractivity contribution in [2.24, 2.45) is 5.73 Å². The third-order valence-electron chi connectivity index (χ3n) is 2.10. The summed E-state index contributed by atoms with van der Waals surface area (Å²) in [6.07, 6.45) is 3.33. The Hall–Kier alpha value is -0.830. The summed E-state index contributed by atoms with van der Waals surface area (Å²) < 4.78 is 5.15. The lowest BCUT2D eigenvalue weighted by Crippen LogP contribution is -2.17. The van der Waals surface area contributed by atoms with E-state index in [4.69, 9.17) is 10.3 Å². The van der Waals surface area contributed by atoms with Gasteiger partial charge in [-0.3, -0.25) is 0 Å². The zero-order valence-electron chi connectivity index (χ0n) is 7.29. The van der Waals surface area contributed by atoms with E-state index in [-0.39, 0.29) is 6.04 Å². The van der Waals surface area contributed by atoms with Crippen molar-refractivity contribution in [1.29, 1.82) is 0 Å². The number of rotatable bonds is 3. The fraction of sp³-hybridized carbons (Fsp3) is 0.667. The van der Waals surface area contributed by atoms with Crippen molar-refractivity contribution < 1.29 is 4.52 Å². The molecule has 1 aliphatic rings. The highest BCUT2D eigenvalue weighted by atomic mass is 16.5. The van der Waals surface area contributed by atoms with E-state index in [0.717, 1.165) is 17.9 Å². The summed E-state index contributed by atoms with van der Waals surface area (Å²) in [5, 5.41) is 4.00. The molecule has 1 fully saturated rings. The molecule has 66 valence electrons. The molecular weight excluding hydrogens is 152 g/mol. The van der Waals surface area contributed by atoms with Crippen molar-refractivity contribution in [3.8, 4) is 0 Å². The van der Waals surface area contributed by atoms with Crippen molar-refractivity contribution in [3.05, 3.63) is 17.5 Å². The van der Waals surface area contributed by atoms with Gasteiger partial charge in [-0.2, -0.15) is 0 Å². The van der Waals surface area contributed by atoms with Gasteiger partial charge < -0.3 is 10.3 Å². The van der Waals surface area contributed by atoms with E-state index < -0.39 is 0 Å². The molecule has 1 aromatic rings. The van der Waals surface area contributed by atoms with Crippen LogP contribution in [0.15, 0.2) is 10.6 Å². The van der Waals surface area contributed by atoms with Crippen molar-refractivity contribution in [1.82, 2.24) is 5.16 Å². The van der Waals surface area contributed by atoms with E-state index in [2.05, 4.69) is 5.16 Å². The third-order valence-corrected chi connectivity index (χ3v) is 2.10. The lowest BCUT2D eigenvalue weighted by atomic mass is 10.2. The van der Waals surface area contributed by atoms with Crippen molar-refractivity contribution >= 4 is 0 Å². The molecule has 1 atom stereocenters. The summed E-state index contributed by atoms with van der Waals surface area (Å²) >= 11 is 0. The van der Waals surface area contributed by atoms with Crippen molar-refractivity contribution in [2.75, 3.05) is 0 Å². The molecule has 3 heteroatoms. The number of nitrogens with zero attached hydrogens (tertiary/aromatic N) is 1. The topological polar surface area (TPSA) is 52.0 Å². The SMILES string of the molecule is CC(N)Cc1cc(C2CC2)no1. The minimum Gasteiger partial charge on any atom is -0.361 e. The molecule has 2 rings (SSSR count). The van der Waals surface area contributed by atoms with Crippen molar-refractivity contribution in [3.63, 3.8) is 0 Å². The van der Waals surface area contributed by atoms with Gasteiger partial charge in [-0.1, -0.05) is 5.16 Å². The maximum absolute atomic E-state index is 5.64. The lowest BCUT2D eigenvalue weighted by Gasteiger charge is -1.97. The largest absolute Gasteiger partial charge is 0.361 e. The van der Waals surface area contributed by atoms with Crippen LogP contribution in [-0.4, -0.2) is 11.2 Å². The number of hydrogen-bond acceptors (Lipinski definition) is 3. The van der Waals surface area contributed by atoms with Gasteiger partial charge in [0.25, 0.3) is 0 Å².